The zero-order chi connectivity index (χ0) is 17.2. The summed E-state index contributed by atoms with van der Waals surface area (Å²) in [5, 5.41) is 17.1. The molecule has 0 spiro atoms. The predicted octanol–water partition coefficient (Wildman–Crippen LogP) is 4.29. The monoisotopic (exact) mass is 369 g/mol. The van der Waals surface area contributed by atoms with E-state index in [1.54, 1.807) is 17.7 Å². The van der Waals surface area contributed by atoms with Gasteiger partial charge in [-0.3, -0.25) is 4.57 Å². The molecule has 0 radical (unpaired) electrons. The molecule has 0 aliphatic carbocycles. The summed E-state index contributed by atoms with van der Waals surface area (Å²) >= 11 is 3.13. The fourth-order valence-corrected chi connectivity index (χ4v) is 3.90. The van der Waals surface area contributed by atoms with E-state index in [1.165, 1.54) is 22.9 Å². The lowest BCUT2D eigenvalue weighted by molar-refractivity contribution is 0.425. The lowest BCUT2D eigenvalue weighted by atomic mass is 10.1. The summed E-state index contributed by atoms with van der Waals surface area (Å²) in [6.07, 6.45) is 1.73. The van der Waals surface area contributed by atoms with Gasteiger partial charge in [0.05, 0.1) is 17.0 Å². The summed E-state index contributed by atoms with van der Waals surface area (Å²) in [4.78, 5) is 4.43. The van der Waals surface area contributed by atoms with Crippen LogP contribution < -0.4 is 0 Å². The Balaban J connectivity index is 1.52. The summed E-state index contributed by atoms with van der Waals surface area (Å²) in [6.45, 7) is 4.17. The molecular formula is C17H15N5OS2. The largest absolute Gasteiger partial charge is 0.334 e. The topological polar surface area (TPSA) is 69.6 Å². The molecule has 126 valence electrons. The number of thiophene rings is 1. The minimum atomic E-state index is 0.549. The van der Waals surface area contributed by atoms with Gasteiger partial charge in [0, 0.05) is 5.38 Å². The Morgan fingerprint density at radius 3 is 2.96 bits per heavy atom. The van der Waals surface area contributed by atoms with E-state index >= 15 is 0 Å². The Bertz CT molecular complexity index is 990. The first-order valence-corrected chi connectivity index (χ1v) is 9.59. The summed E-state index contributed by atoms with van der Waals surface area (Å²) in [5.41, 5.74) is 4.44. The van der Waals surface area contributed by atoms with Crippen LogP contribution in [0, 0.1) is 13.8 Å². The van der Waals surface area contributed by atoms with Gasteiger partial charge < -0.3 is 4.52 Å². The Hall–Kier alpha value is -2.45. The lowest BCUT2D eigenvalue weighted by Gasteiger charge is -2.09. The van der Waals surface area contributed by atoms with Crippen molar-refractivity contribution in [3.63, 3.8) is 0 Å². The number of hydrogen-bond acceptors (Lipinski definition) is 7. The van der Waals surface area contributed by atoms with Crippen LogP contribution in [0.5, 0.6) is 0 Å². The summed E-state index contributed by atoms with van der Waals surface area (Å²) in [5.74, 6) is 1.76. The Morgan fingerprint density at radius 2 is 2.16 bits per heavy atom. The molecule has 0 unspecified atom stereocenters. The maximum atomic E-state index is 5.32. The molecule has 3 aromatic heterocycles. The fourth-order valence-electron chi connectivity index (χ4n) is 2.51. The van der Waals surface area contributed by atoms with Gasteiger partial charge in [-0.1, -0.05) is 34.6 Å². The van der Waals surface area contributed by atoms with Crippen molar-refractivity contribution in [1.82, 2.24) is 24.9 Å². The molecule has 3 heterocycles. The normalized spacial score (nSPS) is 11.1. The summed E-state index contributed by atoms with van der Waals surface area (Å²) < 4.78 is 7.30. The highest BCUT2D eigenvalue weighted by molar-refractivity contribution is 7.98. The van der Waals surface area contributed by atoms with Crippen molar-refractivity contribution in [2.45, 2.75) is 24.8 Å². The molecule has 0 amide bonds. The summed E-state index contributed by atoms with van der Waals surface area (Å²) in [6, 6.07) is 8.28. The number of aromatic nitrogens is 5. The number of thioether (sulfide) groups is 1. The maximum Gasteiger partial charge on any atom is 0.258 e. The Morgan fingerprint density at radius 1 is 1.24 bits per heavy atom. The standard InChI is InChI=1S/C17H15N5OS2/c1-11-3-4-14(12(2)7-11)22-10-18-20-17(22)25-9-15-19-16(23-21-15)13-5-6-24-8-13/h3-8,10H,9H2,1-2H3. The van der Waals surface area contributed by atoms with Crippen molar-refractivity contribution in [2.24, 2.45) is 0 Å². The van der Waals surface area contributed by atoms with Crippen molar-refractivity contribution in [3.05, 3.63) is 58.3 Å². The van der Waals surface area contributed by atoms with Crippen LogP contribution in [0.3, 0.4) is 0 Å². The first-order chi connectivity index (χ1) is 12.2. The molecular weight excluding hydrogens is 354 g/mol. The van der Waals surface area contributed by atoms with Crippen LogP contribution >= 0.6 is 23.1 Å². The Kier molecular flexibility index (Phi) is 4.37. The smallest absolute Gasteiger partial charge is 0.258 e. The molecule has 0 atom stereocenters. The molecule has 8 heteroatoms. The van der Waals surface area contributed by atoms with Crippen LogP contribution in [0.15, 0.2) is 51.0 Å². The van der Waals surface area contributed by atoms with E-state index in [1.807, 2.05) is 21.4 Å². The van der Waals surface area contributed by atoms with Crippen LogP contribution in [0.4, 0.5) is 0 Å². The molecule has 0 bridgehead atoms. The predicted molar refractivity (Wildman–Crippen MR) is 98.0 cm³/mol. The van der Waals surface area contributed by atoms with E-state index in [4.69, 9.17) is 4.52 Å². The zero-order valence-electron chi connectivity index (χ0n) is 13.7. The van der Waals surface area contributed by atoms with Gasteiger partial charge in [-0.15, -0.1) is 10.2 Å². The summed E-state index contributed by atoms with van der Waals surface area (Å²) in [7, 11) is 0. The fraction of sp³-hybridized carbons (Fsp3) is 0.176. The van der Waals surface area contributed by atoms with Gasteiger partial charge in [-0.2, -0.15) is 16.3 Å². The molecule has 0 saturated heterocycles. The average molecular weight is 369 g/mol. The zero-order valence-corrected chi connectivity index (χ0v) is 15.3. The quantitative estimate of drug-likeness (QED) is 0.489. The van der Waals surface area contributed by atoms with E-state index in [0.717, 1.165) is 16.4 Å². The second-order valence-electron chi connectivity index (χ2n) is 5.59. The number of hydrogen-bond donors (Lipinski definition) is 0. The molecule has 1 aromatic carbocycles. The minimum Gasteiger partial charge on any atom is -0.334 e. The van der Waals surface area contributed by atoms with E-state index in [9.17, 15) is 0 Å². The number of benzene rings is 1. The number of rotatable bonds is 5. The second-order valence-corrected chi connectivity index (χ2v) is 7.31. The number of nitrogens with zero attached hydrogens (tertiary/aromatic N) is 5. The van der Waals surface area contributed by atoms with Gasteiger partial charge in [0.2, 0.25) is 0 Å². The van der Waals surface area contributed by atoms with Gasteiger partial charge in [0.25, 0.3) is 5.89 Å². The molecule has 0 N–H and O–H groups in total. The van der Waals surface area contributed by atoms with Crippen molar-refractivity contribution >= 4 is 23.1 Å². The van der Waals surface area contributed by atoms with E-state index in [2.05, 4.69) is 52.4 Å². The van der Waals surface area contributed by atoms with Crippen molar-refractivity contribution < 1.29 is 4.52 Å². The highest BCUT2D eigenvalue weighted by Crippen LogP contribution is 2.26. The molecule has 4 aromatic rings. The lowest BCUT2D eigenvalue weighted by Crippen LogP contribution is -1.98. The van der Waals surface area contributed by atoms with Crippen molar-refractivity contribution in [1.29, 1.82) is 0 Å². The SMILES string of the molecule is Cc1ccc(-n2cnnc2SCc2noc(-c3ccsc3)n2)c(C)c1. The molecule has 25 heavy (non-hydrogen) atoms. The third-order valence-corrected chi connectivity index (χ3v) is 5.32. The van der Waals surface area contributed by atoms with E-state index < -0.39 is 0 Å². The van der Waals surface area contributed by atoms with Crippen molar-refractivity contribution in [3.8, 4) is 17.1 Å². The van der Waals surface area contributed by atoms with Gasteiger partial charge in [0.1, 0.15) is 6.33 Å². The van der Waals surface area contributed by atoms with Crippen LogP contribution in [0.1, 0.15) is 17.0 Å². The van der Waals surface area contributed by atoms with Gasteiger partial charge in [-0.05, 0) is 36.9 Å². The molecule has 0 saturated carbocycles. The van der Waals surface area contributed by atoms with E-state index in [0.29, 0.717) is 17.5 Å². The third kappa shape index (κ3) is 3.35. The van der Waals surface area contributed by atoms with Crippen molar-refractivity contribution in [2.75, 3.05) is 0 Å². The molecule has 4 rings (SSSR count). The molecule has 0 aliphatic rings. The first kappa shape index (κ1) is 16.0. The molecule has 0 aliphatic heterocycles. The first-order valence-electron chi connectivity index (χ1n) is 7.66. The van der Waals surface area contributed by atoms with Gasteiger partial charge in [0.15, 0.2) is 11.0 Å². The Labute approximate surface area is 152 Å². The molecule has 6 nitrogen and oxygen atoms in total. The van der Waals surface area contributed by atoms with Crippen LogP contribution in [0.25, 0.3) is 17.1 Å². The second kappa shape index (κ2) is 6.81. The van der Waals surface area contributed by atoms with Crippen LogP contribution in [-0.2, 0) is 5.75 Å². The van der Waals surface area contributed by atoms with Crippen LogP contribution in [0.2, 0.25) is 0 Å². The maximum absolute atomic E-state index is 5.32. The van der Waals surface area contributed by atoms with Crippen LogP contribution in [-0.4, -0.2) is 24.9 Å². The minimum absolute atomic E-state index is 0.549. The highest BCUT2D eigenvalue weighted by atomic mass is 32.2. The molecule has 0 fully saturated rings. The van der Waals surface area contributed by atoms with Gasteiger partial charge >= 0.3 is 0 Å². The highest BCUT2D eigenvalue weighted by Gasteiger charge is 2.13. The number of aryl methyl sites for hydroxylation is 2. The van der Waals surface area contributed by atoms with E-state index in [-0.39, 0.29) is 0 Å². The van der Waals surface area contributed by atoms with Gasteiger partial charge in [-0.25, -0.2) is 0 Å². The third-order valence-electron chi connectivity index (χ3n) is 3.69. The average Bonchev–Trinajstić information content (AvgIpc) is 3.34.